The largest absolute Gasteiger partial charge is 0.428 e. The molecule has 1 rings (SSSR count). The van der Waals surface area contributed by atoms with Gasteiger partial charge < -0.3 is 0 Å². The third kappa shape index (κ3) is 2.69. The molecule has 1 saturated heterocycles. The van der Waals surface area contributed by atoms with E-state index < -0.39 is 49.6 Å². The number of hydrogen-bond acceptors (Lipinski definition) is 4. The lowest BCUT2D eigenvalue weighted by atomic mass is 10.2. The van der Waals surface area contributed by atoms with Gasteiger partial charge in [-0.15, -0.1) is 0 Å². The Bertz CT molecular complexity index is 627. The van der Waals surface area contributed by atoms with Gasteiger partial charge in [-0.2, -0.15) is 30.6 Å². The molecule has 22 heavy (non-hydrogen) atoms. The van der Waals surface area contributed by atoms with Crippen LogP contribution in [0, 0.1) is 0 Å². The number of rotatable bonds is 5. The van der Waals surface area contributed by atoms with E-state index in [9.17, 15) is 43.2 Å². The summed E-state index contributed by atoms with van der Waals surface area (Å²) < 4.78 is 124. The Hall–Kier alpha value is -0.600. The summed E-state index contributed by atoms with van der Waals surface area (Å²) in [6, 6.07) is 0. The van der Waals surface area contributed by atoms with Crippen LogP contribution in [-0.4, -0.2) is 50.7 Å². The molecule has 0 radical (unpaired) electrons. The minimum absolute atomic E-state index is 0.0658. The van der Waals surface area contributed by atoms with Gasteiger partial charge >= 0.3 is 16.4 Å². The fraction of sp³-hybridized carbons (Fsp3) is 1.00. The second-order valence-electron chi connectivity index (χ2n) is 4.62. The van der Waals surface area contributed by atoms with E-state index in [0.29, 0.717) is 6.42 Å². The molecule has 0 aromatic rings. The predicted molar refractivity (Wildman–Crippen MR) is 62.3 cm³/mol. The van der Waals surface area contributed by atoms with Gasteiger partial charge in [-0.3, -0.25) is 0 Å². The Kier molecular flexibility index (Phi) is 4.85. The van der Waals surface area contributed by atoms with Gasteiger partial charge in [0.15, 0.2) is 0 Å². The van der Waals surface area contributed by atoms with E-state index in [1.807, 2.05) is 0 Å². The van der Waals surface area contributed by atoms with Crippen molar-refractivity contribution in [1.82, 2.24) is 4.31 Å². The Labute approximate surface area is 122 Å². The first-order valence-corrected chi connectivity index (χ1v) is 8.75. The van der Waals surface area contributed by atoms with Gasteiger partial charge in [-0.1, -0.05) is 6.42 Å². The van der Waals surface area contributed by atoms with Crippen molar-refractivity contribution >= 4 is 20.0 Å². The van der Waals surface area contributed by atoms with Crippen LogP contribution in [0.2, 0.25) is 0 Å². The summed E-state index contributed by atoms with van der Waals surface area (Å²) in [5.41, 5.74) is 0. The van der Waals surface area contributed by atoms with Gasteiger partial charge in [0, 0.05) is 13.1 Å². The minimum Gasteiger partial charge on any atom is -0.223 e. The van der Waals surface area contributed by atoms with Crippen LogP contribution in [0.15, 0.2) is 0 Å². The number of alkyl halides is 6. The molecule has 1 aliphatic rings. The maximum absolute atomic E-state index is 13.6. The topological polar surface area (TPSA) is 97.5 Å². The van der Waals surface area contributed by atoms with Crippen LogP contribution in [-0.2, 0) is 20.0 Å². The predicted octanol–water partition coefficient (Wildman–Crippen LogP) is 0.912. The maximum atomic E-state index is 13.6. The molecule has 0 atom stereocenters. The first-order chi connectivity index (χ1) is 9.61. The normalized spacial score (nSPS) is 20.1. The molecule has 1 aliphatic heterocycles. The van der Waals surface area contributed by atoms with E-state index in [0.717, 1.165) is 0 Å². The zero-order valence-electron chi connectivity index (χ0n) is 10.8. The molecule has 0 spiro atoms. The highest BCUT2D eigenvalue weighted by Gasteiger charge is 2.82. The molecule has 0 amide bonds. The molecule has 6 nitrogen and oxygen atoms in total. The van der Waals surface area contributed by atoms with Crippen molar-refractivity contribution in [3.05, 3.63) is 0 Å². The monoisotopic (exact) mass is 378 g/mol. The smallest absolute Gasteiger partial charge is 0.223 e. The number of hydrogen-bond donors (Lipinski definition) is 1. The van der Waals surface area contributed by atoms with Gasteiger partial charge in [0.1, 0.15) is 0 Å². The molecule has 1 heterocycles. The number of nitrogens with two attached hydrogens (primary N) is 1. The van der Waals surface area contributed by atoms with Crippen LogP contribution in [0.4, 0.5) is 26.3 Å². The highest BCUT2D eigenvalue weighted by molar-refractivity contribution is 7.91. The lowest BCUT2D eigenvalue weighted by Gasteiger charge is -2.35. The molecule has 0 bridgehead atoms. The van der Waals surface area contributed by atoms with Gasteiger partial charge in [0.05, 0.1) is 0 Å². The van der Waals surface area contributed by atoms with Crippen LogP contribution >= 0.6 is 0 Å². The second kappa shape index (κ2) is 5.49. The van der Waals surface area contributed by atoms with Crippen molar-refractivity contribution in [2.75, 3.05) is 13.1 Å². The Balaban J connectivity index is 3.37. The van der Waals surface area contributed by atoms with Crippen molar-refractivity contribution in [2.45, 2.75) is 35.7 Å². The van der Waals surface area contributed by atoms with Gasteiger partial charge in [-0.25, -0.2) is 22.0 Å². The average molecular weight is 378 g/mol. The fourth-order valence-electron chi connectivity index (χ4n) is 1.78. The molecule has 14 heteroatoms. The number of sulfonamides is 2. The zero-order valence-corrected chi connectivity index (χ0v) is 12.4. The zero-order chi connectivity index (χ0) is 17.6. The maximum Gasteiger partial charge on any atom is 0.428 e. The summed E-state index contributed by atoms with van der Waals surface area (Å²) in [6.07, 6.45) is 0.597. The molecule has 0 saturated carbocycles. The van der Waals surface area contributed by atoms with Crippen molar-refractivity contribution in [2.24, 2.45) is 5.14 Å². The van der Waals surface area contributed by atoms with Crippen molar-refractivity contribution in [1.29, 1.82) is 0 Å². The summed E-state index contributed by atoms with van der Waals surface area (Å²) in [7, 11) is -12.7. The molecule has 0 aliphatic carbocycles. The summed E-state index contributed by atoms with van der Waals surface area (Å²) in [4.78, 5) is 0. The van der Waals surface area contributed by atoms with E-state index >= 15 is 0 Å². The highest BCUT2D eigenvalue weighted by Crippen LogP contribution is 2.51. The standard InChI is InChI=1S/C8H12F6N2O4S2/c9-6(10,7(11,12)21(15,17)18)8(13,14)22(19,20)16-4-2-1-3-5-16/h1-5H2,(H2,15,17,18). The number of primary sulfonamides is 1. The molecular formula is C8H12F6N2O4S2. The Morgan fingerprint density at radius 3 is 1.55 bits per heavy atom. The summed E-state index contributed by atoms with van der Waals surface area (Å²) >= 11 is 0. The second-order valence-corrected chi connectivity index (χ2v) is 8.20. The number of nitrogens with zero attached hydrogens (tertiary/aromatic N) is 1. The van der Waals surface area contributed by atoms with Crippen LogP contribution < -0.4 is 5.14 Å². The molecule has 0 aromatic heterocycles. The number of piperidine rings is 1. The van der Waals surface area contributed by atoms with Crippen LogP contribution in [0.25, 0.3) is 0 Å². The van der Waals surface area contributed by atoms with Crippen molar-refractivity contribution < 1.29 is 43.2 Å². The van der Waals surface area contributed by atoms with Crippen LogP contribution in [0.3, 0.4) is 0 Å². The summed E-state index contributed by atoms with van der Waals surface area (Å²) in [5, 5.41) is -9.00. The highest BCUT2D eigenvalue weighted by atomic mass is 32.2. The average Bonchev–Trinajstić information content (AvgIpc) is 2.37. The minimum atomic E-state index is -6.75. The van der Waals surface area contributed by atoms with Gasteiger partial charge in [0.25, 0.3) is 20.0 Å². The lowest BCUT2D eigenvalue weighted by molar-refractivity contribution is -0.245. The quantitative estimate of drug-likeness (QED) is 0.719. The third-order valence-electron chi connectivity index (χ3n) is 3.07. The summed E-state index contributed by atoms with van der Waals surface area (Å²) in [6.45, 7) is -1.12. The SMILES string of the molecule is NS(=O)(=O)C(F)(F)C(F)(F)C(F)(F)S(=O)(=O)N1CCCCC1. The van der Waals surface area contributed by atoms with Crippen molar-refractivity contribution in [3.8, 4) is 0 Å². The Morgan fingerprint density at radius 2 is 1.18 bits per heavy atom. The molecule has 0 aromatic carbocycles. The van der Waals surface area contributed by atoms with E-state index in [4.69, 9.17) is 0 Å². The van der Waals surface area contributed by atoms with E-state index in [-0.39, 0.29) is 17.1 Å². The first-order valence-electron chi connectivity index (χ1n) is 5.76. The molecule has 132 valence electrons. The van der Waals surface area contributed by atoms with E-state index in [2.05, 4.69) is 5.14 Å². The molecule has 2 N–H and O–H groups in total. The fourth-order valence-corrected chi connectivity index (χ4v) is 3.84. The van der Waals surface area contributed by atoms with Gasteiger partial charge in [0.2, 0.25) is 0 Å². The van der Waals surface area contributed by atoms with Crippen LogP contribution in [0.5, 0.6) is 0 Å². The van der Waals surface area contributed by atoms with Crippen molar-refractivity contribution in [3.63, 3.8) is 0 Å². The summed E-state index contributed by atoms with van der Waals surface area (Å²) in [5.74, 6) is -6.75. The number of halogens is 6. The molecule has 1 fully saturated rings. The lowest BCUT2D eigenvalue weighted by Crippen LogP contribution is -2.64. The Morgan fingerprint density at radius 1 is 0.773 bits per heavy atom. The third-order valence-corrected chi connectivity index (χ3v) is 5.99. The first kappa shape index (κ1) is 19.4. The van der Waals surface area contributed by atoms with E-state index in [1.54, 1.807) is 0 Å². The molecular weight excluding hydrogens is 366 g/mol. The van der Waals surface area contributed by atoms with E-state index in [1.165, 1.54) is 0 Å². The molecule has 0 unspecified atom stereocenters. The van der Waals surface area contributed by atoms with Crippen LogP contribution in [0.1, 0.15) is 19.3 Å². The van der Waals surface area contributed by atoms with Gasteiger partial charge in [-0.05, 0) is 12.8 Å².